The molecule has 2 rings (SSSR count). The summed E-state index contributed by atoms with van der Waals surface area (Å²) < 4.78 is 0. The summed E-state index contributed by atoms with van der Waals surface area (Å²) in [6, 6.07) is 0. The number of carbonyl (C=O) groups is 4. The van der Waals surface area contributed by atoms with Gasteiger partial charge in [0, 0.05) is 39.5 Å². The molecule has 2 fully saturated rings. The van der Waals surface area contributed by atoms with E-state index in [-0.39, 0.29) is 18.3 Å². The highest BCUT2D eigenvalue weighted by Crippen LogP contribution is 2.57. The van der Waals surface area contributed by atoms with Crippen molar-refractivity contribution in [2.45, 2.75) is 148 Å². The molecular formula is C30H50N2O6-2. The molecule has 0 spiro atoms. The van der Waals surface area contributed by atoms with E-state index in [1.807, 2.05) is 65.2 Å². The fraction of sp³-hybridized carbons (Fsp3) is 0.867. The summed E-state index contributed by atoms with van der Waals surface area (Å²) in [7, 11) is 0. The topological polar surface area (TPSA) is 121 Å². The summed E-state index contributed by atoms with van der Waals surface area (Å²) in [6.07, 6.45) is 8.18. The molecule has 2 amide bonds. The molecule has 0 aromatic carbocycles. The predicted octanol–water partition coefficient (Wildman–Crippen LogP) is 3.05. The fourth-order valence-electron chi connectivity index (χ4n) is 8.28. The van der Waals surface area contributed by atoms with Gasteiger partial charge in [0.05, 0.1) is 0 Å². The van der Waals surface area contributed by atoms with Crippen LogP contribution < -0.4 is 10.2 Å². The third kappa shape index (κ3) is 6.53. The molecule has 0 unspecified atom stereocenters. The van der Waals surface area contributed by atoms with Crippen LogP contribution in [0, 0.1) is 17.3 Å². The standard InChI is InChI=1S/C30H52N2O6/c1-26(2)16-22(17-27(3,4)31(26)20-33)30(25(37)38,15-13-11-9-10-12-14-24(35)36)23-18-28(5,6)32(21-34)29(7,8)19-23/h20-23H,9-19H2,1-8H3,(H,35,36)(H,37,38)/p-2. The SMILES string of the molecule is CC1(C)CC(C(CCCCCCCC(=O)[O-])(C(=O)[O-])C2CC(C)(C)N(C=O)C(C)(C)C2)CC(C)(C)N1C=O. The monoisotopic (exact) mass is 534 g/mol. The third-order valence-corrected chi connectivity index (χ3v) is 9.61. The van der Waals surface area contributed by atoms with Gasteiger partial charge in [0.15, 0.2) is 0 Å². The molecule has 0 N–H and O–H groups in total. The molecule has 218 valence electrons. The zero-order valence-corrected chi connectivity index (χ0v) is 24.9. The van der Waals surface area contributed by atoms with Gasteiger partial charge >= 0.3 is 0 Å². The Hall–Kier alpha value is -2.12. The Morgan fingerprint density at radius 2 is 1.03 bits per heavy atom. The van der Waals surface area contributed by atoms with E-state index in [1.165, 1.54) is 0 Å². The maximum absolute atomic E-state index is 13.5. The predicted molar refractivity (Wildman–Crippen MR) is 142 cm³/mol. The second-order valence-electron chi connectivity index (χ2n) is 14.4. The number of carboxylic acids is 2. The zero-order valence-electron chi connectivity index (χ0n) is 24.9. The number of carbonyl (C=O) groups excluding carboxylic acids is 4. The smallest absolute Gasteiger partial charge is 0.210 e. The highest BCUT2D eigenvalue weighted by molar-refractivity contribution is 5.74. The molecule has 0 aromatic rings. The lowest BCUT2D eigenvalue weighted by molar-refractivity contribution is -0.330. The number of piperidine rings is 2. The number of amides is 2. The summed E-state index contributed by atoms with van der Waals surface area (Å²) in [5, 5.41) is 24.2. The van der Waals surface area contributed by atoms with E-state index in [2.05, 4.69) is 0 Å². The summed E-state index contributed by atoms with van der Waals surface area (Å²) >= 11 is 0. The van der Waals surface area contributed by atoms with E-state index in [4.69, 9.17) is 0 Å². The van der Waals surface area contributed by atoms with E-state index < -0.39 is 39.5 Å². The lowest BCUT2D eigenvalue weighted by Gasteiger charge is -2.63. The van der Waals surface area contributed by atoms with Crippen molar-refractivity contribution in [2.24, 2.45) is 17.3 Å². The van der Waals surface area contributed by atoms with Crippen molar-refractivity contribution in [3.63, 3.8) is 0 Å². The zero-order chi connectivity index (χ0) is 29.2. The van der Waals surface area contributed by atoms with Crippen molar-refractivity contribution in [3.05, 3.63) is 0 Å². The van der Waals surface area contributed by atoms with Gasteiger partial charge in [-0.1, -0.05) is 25.7 Å². The maximum atomic E-state index is 13.5. The molecule has 38 heavy (non-hydrogen) atoms. The van der Waals surface area contributed by atoms with E-state index >= 15 is 0 Å². The number of carboxylic acid groups (broad SMARTS) is 2. The van der Waals surface area contributed by atoms with Crippen LogP contribution in [0.25, 0.3) is 0 Å². The Morgan fingerprint density at radius 1 is 0.684 bits per heavy atom. The average molecular weight is 535 g/mol. The first-order chi connectivity index (χ1) is 17.4. The Morgan fingerprint density at radius 3 is 1.34 bits per heavy atom. The molecule has 0 radical (unpaired) electrons. The number of nitrogens with zero attached hydrogens (tertiary/aromatic N) is 2. The number of hydrogen-bond donors (Lipinski definition) is 0. The molecule has 0 aromatic heterocycles. The number of unbranched alkanes of at least 4 members (excludes halogenated alkanes) is 4. The molecule has 2 heterocycles. The lowest BCUT2D eigenvalue weighted by atomic mass is 9.52. The van der Waals surface area contributed by atoms with Crippen LogP contribution in [-0.4, -0.2) is 56.7 Å². The Balaban J connectivity index is 2.48. The number of hydrogen-bond acceptors (Lipinski definition) is 6. The van der Waals surface area contributed by atoms with Crippen LogP contribution in [0.4, 0.5) is 0 Å². The summed E-state index contributed by atoms with van der Waals surface area (Å²) in [4.78, 5) is 52.0. The molecule has 0 aliphatic carbocycles. The van der Waals surface area contributed by atoms with Crippen molar-refractivity contribution in [3.8, 4) is 0 Å². The minimum atomic E-state index is -1.11. The van der Waals surface area contributed by atoms with Gasteiger partial charge in [0.1, 0.15) is 0 Å². The van der Waals surface area contributed by atoms with Crippen LogP contribution in [0.1, 0.15) is 126 Å². The van der Waals surface area contributed by atoms with Gasteiger partial charge in [-0.2, -0.15) is 0 Å². The van der Waals surface area contributed by atoms with Gasteiger partial charge in [0.25, 0.3) is 0 Å². The van der Waals surface area contributed by atoms with Crippen molar-refractivity contribution in [2.75, 3.05) is 0 Å². The van der Waals surface area contributed by atoms with Crippen LogP contribution >= 0.6 is 0 Å². The van der Waals surface area contributed by atoms with E-state index in [0.717, 1.165) is 32.1 Å². The molecule has 8 heteroatoms. The average Bonchev–Trinajstić information content (AvgIpc) is 2.72. The summed E-state index contributed by atoms with van der Waals surface area (Å²) in [5.74, 6) is -2.47. The summed E-state index contributed by atoms with van der Waals surface area (Å²) in [5.41, 5.74) is -3.19. The van der Waals surface area contributed by atoms with Crippen molar-refractivity contribution in [1.29, 1.82) is 0 Å². The normalized spacial score (nSPS) is 23.2. The van der Waals surface area contributed by atoms with Gasteiger partial charge in [-0.05, 0) is 112 Å². The molecule has 8 nitrogen and oxygen atoms in total. The van der Waals surface area contributed by atoms with E-state index in [0.29, 0.717) is 44.9 Å². The van der Waals surface area contributed by atoms with Gasteiger partial charge in [0.2, 0.25) is 12.8 Å². The van der Waals surface area contributed by atoms with Crippen molar-refractivity contribution >= 4 is 24.8 Å². The molecular weight excluding hydrogens is 484 g/mol. The highest BCUT2D eigenvalue weighted by atomic mass is 16.4. The number of likely N-dealkylation sites (tertiary alicyclic amines) is 2. The minimum absolute atomic E-state index is 0.0436. The second kappa shape index (κ2) is 11.5. The fourth-order valence-corrected chi connectivity index (χ4v) is 8.28. The van der Waals surface area contributed by atoms with E-state index in [9.17, 15) is 29.4 Å². The largest absolute Gasteiger partial charge is 0.550 e. The van der Waals surface area contributed by atoms with E-state index in [1.54, 1.807) is 0 Å². The molecule has 2 aliphatic rings. The number of rotatable bonds is 13. The molecule has 2 saturated heterocycles. The van der Waals surface area contributed by atoms with Crippen molar-refractivity contribution < 1.29 is 29.4 Å². The Kier molecular flexibility index (Phi) is 9.75. The first-order valence-electron chi connectivity index (χ1n) is 14.3. The molecule has 0 atom stereocenters. The Bertz CT molecular complexity index is 794. The molecule has 0 bridgehead atoms. The third-order valence-electron chi connectivity index (χ3n) is 9.61. The first kappa shape index (κ1) is 32.1. The minimum Gasteiger partial charge on any atom is -0.550 e. The highest BCUT2D eigenvalue weighted by Gasteiger charge is 2.58. The molecule has 0 saturated carbocycles. The molecule has 2 aliphatic heterocycles. The van der Waals surface area contributed by atoms with Crippen LogP contribution in [0.15, 0.2) is 0 Å². The number of aliphatic carboxylic acids is 2. The first-order valence-corrected chi connectivity index (χ1v) is 14.3. The van der Waals surface area contributed by atoms with Crippen LogP contribution in [0.2, 0.25) is 0 Å². The van der Waals surface area contributed by atoms with Crippen molar-refractivity contribution in [1.82, 2.24) is 9.80 Å². The quantitative estimate of drug-likeness (QED) is 0.264. The lowest BCUT2D eigenvalue weighted by Crippen LogP contribution is -2.68. The Labute approximate surface area is 229 Å². The van der Waals surface area contributed by atoms with Gasteiger partial charge in [-0.3, -0.25) is 9.59 Å². The van der Waals surface area contributed by atoms with Crippen LogP contribution in [0.3, 0.4) is 0 Å². The van der Waals surface area contributed by atoms with Crippen LogP contribution in [-0.2, 0) is 19.2 Å². The second-order valence-corrected chi connectivity index (χ2v) is 14.4. The van der Waals surface area contributed by atoms with Gasteiger partial charge in [-0.15, -0.1) is 0 Å². The maximum Gasteiger partial charge on any atom is 0.210 e. The van der Waals surface area contributed by atoms with Crippen LogP contribution in [0.5, 0.6) is 0 Å². The summed E-state index contributed by atoms with van der Waals surface area (Å²) in [6.45, 7) is 16.1. The van der Waals surface area contributed by atoms with Gasteiger partial charge in [-0.25, -0.2) is 0 Å². The van der Waals surface area contributed by atoms with Gasteiger partial charge < -0.3 is 29.6 Å².